The average Bonchev–Trinajstić information content (AvgIpc) is 3.00. The standard InChI is InChI=1S/C12H19N3O3S2/c1-6(2)14-12-10(20(3,17)18)8(13)9(19-12)11(16)15-7-4-5-7/h6-7,14H,4-5,13H2,1-3H3,(H,15,16). The van der Waals surface area contributed by atoms with Crippen molar-refractivity contribution in [2.75, 3.05) is 17.3 Å². The summed E-state index contributed by atoms with van der Waals surface area (Å²) in [5.74, 6) is -0.295. The molecule has 2 rings (SSSR count). The van der Waals surface area contributed by atoms with Crippen LogP contribution in [0.3, 0.4) is 0 Å². The minimum atomic E-state index is -3.49. The summed E-state index contributed by atoms with van der Waals surface area (Å²) in [5, 5.41) is 6.30. The average molecular weight is 317 g/mol. The van der Waals surface area contributed by atoms with Crippen molar-refractivity contribution < 1.29 is 13.2 Å². The molecule has 1 heterocycles. The Hall–Kier alpha value is -1.28. The highest BCUT2D eigenvalue weighted by Crippen LogP contribution is 2.39. The fourth-order valence-electron chi connectivity index (χ4n) is 1.80. The maximum absolute atomic E-state index is 12.1. The van der Waals surface area contributed by atoms with Crippen LogP contribution in [-0.2, 0) is 9.84 Å². The van der Waals surface area contributed by atoms with Crippen molar-refractivity contribution in [3.8, 4) is 0 Å². The van der Waals surface area contributed by atoms with Crippen molar-refractivity contribution in [1.29, 1.82) is 0 Å². The number of nitrogens with two attached hydrogens (primary N) is 1. The zero-order chi connectivity index (χ0) is 15.1. The molecule has 1 saturated carbocycles. The molecule has 112 valence electrons. The largest absolute Gasteiger partial charge is 0.396 e. The number of carbonyl (C=O) groups is 1. The van der Waals surface area contributed by atoms with Crippen LogP contribution in [-0.4, -0.2) is 32.7 Å². The van der Waals surface area contributed by atoms with Crippen molar-refractivity contribution >= 4 is 37.8 Å². The summed E-state index contributed by atoms with van der Waals surface area (Å²) in [6.45, 7) is 3.79. The number of hydrogen-bond acceptors (Lipinski definition) is 6. The molecule has 0 radical (unpaired) electrons. The Morgan fingerprint density at radius 3 is 2.45 bits per heavy atom. The number of amides is 1. The van der Waals surface area contributed by atoms with E-state index in [1.165, 1.54) is 0 Å². The first-order valence-corrected chi connectivity index (χ1v) is 9.10. The third kappa shape index (κ3) is 3.24. The van der Waals surface area contributed by atoms with Crippen molar-refractivity contribution in [3.05, 3.63) is 4.88 Å². The third-order valence-electron chi connectivity index (χ3n) is 2.81. The Labute approximate surface area is 122 Å². The van der Waals surface area contributed by atoms with Gasteiger partial charge < -0.3 is 16.4 Å². The Kier molecular flexibility index (Phi) is 3.97. The number of hydrogen-bond donors (Lipinski definition) is 3. The van der Waals surface area contributed by atoms with E-state index < -0.39 is 9.84 Å². The molecule has 0 atom stereocenters. The Bertz CT molecular complexity index is 631. The first-order chi connectivity index (χ1) is 9.20. The van der Waals surface area contributed by atoms with Gasteiger partial charge in [0.1, 0.15) is 14.8 Å². The molecule has 0 bridgehead atoms. The molecule has 0 spiro atoms. The van der Waals surface area contributed by atoms with Crippen LogP contribution in [0.5, 0.6) is 0 Å². The zero-order valence-electron chi connectivity index (χ0n) is 11.7. The summed E-state index contributed by atoms with van der Waals surface area (Å²) in [6.07, 6.45) is 3.03. The van der Waals surface area contributed by atoms with Gasteiger partial charge in [-0.15, -0.1) is 11.3 Å². The molecule has 1 aromatic rings. The van der Waals surface area contributed by atoms with Gasteiger partial charge in [0, 0.05) is 18.3 Å². The molecule has 1 fully saturated rings. The van der Waals surface area contributed by atoms with E-state index >= 15 is 0 Å². The summed E-state index contributed by atoms with van der Waals surface area (Å²) < 4.78 is 23.8. The predicted molar refractivity (Wildman–Crippen MR) is 81.1 cm³/mol. The highest BCUT2D eigenvalue weighted by atomic mass is 32.2. The normalized spacial score (nSPS) is 15.4. The molecule has 0 unspecified atom stereocenters. The molecule has 1 amide bonds. The monoisotopic (exact) mass is 317 g/mol. The fourth-order valence-corrected chi connectivity index (χ4v) is 4.41. The second-order valence-electron chi connectivity index (χ2n) is 5.32. The molecule has 20 heavy (non-hydrogen) atoms. The molecule has 1 aliphatic carbocycles. The van der Waals surface area contributed by atoms with Gasteiger partial charge in [-0.2, -0.15) is 0 Å². The number of anilines is 2. The molecule has 4 N–H and O–H groups in total. The fraction of sp³-hybridized carbons (Fsp3) is 0.583. The first-order valence-electron chi connectivity index (χ1n) is 6.40. The lowest BCUT2D eigenvalue weighted by Crippen LogP contribution is -2.25. The van der Waals surface area contributed by atoms with E-state index in [1.54, 1.807) is 0 Å². The van der Waals surface area contributed by atoms with Crippen LogP contribution in [0.4, 0.5) is 10.7 Å². The quantitative estimate of drug-likeness (QED) is 0.763. The van der Waals surface area contributed by atoms with Crippen LogP contribution in [0.2, 0.25) is 0 Å². The van der Waals surface area contributed by atoms with Gasteiger partial charge in [0.25, 0.3) is 5.91 Å². The van der Waals surface area contributed by atoms with Crippen molar-refractivity contribution in [2.24, 2.45) is 0 Å². The Balaban J connectivity index is 2.43. The van der Waals surface area contributed by atoms with Gasteiger partial charge in [-0.05, 0) is 26.7 Å². The molecular weight excluding hydrogens is 298 g/mol. The van der Waals surface area contributed by atoms with Crippen LogP contribution in [0.25, 0.3) is 0 Å². The maximum Gasteiger partial charge on any atom is 0.263 e. The minimum absolute atomic E-state index is 0.0251. The van der Waals surface area contributed by atoms with E-state index in [-0.39, 0.29) is 33.5 Å². The lowest BCUT2D eigenvalue weighted by Gasteiger charge is -2.09. The lowest BCUT2D eigenvalue weighted by atomic mass is 10.3. The van der Waals surface area contributed by atoms with Crippen molar-refractivity contribution in [3.63, 3.8) is 0 Å². The highest BCUT2D eigenvalue weighted by molar-refractivity contribution is 7.91. The summed E-state index contributed by atoms with van der Waals surface area (Å²) in [7, 11) is -3.49. The van der Waals surface area contributed by atoms with Crippen LogP contribution < -0.4 is 16.4 Å². The second kappa shape index (κ2) is 5.25. The van der Waals surface area contributed by atoms with Gasteiger partial charge in [0.2, 0.25) is 0 Å². The van der Waals surface area contributed by atoms with Crippen LogP contribution in [0.1, 0.15) is 36.4 Å². The lowest BCUT2D eigenvalue weighted by molar-refractivity contribution is 0.0956. The number of nitrogens with one attached hydrogen (secondary N) is 2. The van der Waals surface area contributed by atoms with E-state index in [0.29, 0.717) is 5.00 Å². The number of thiophene rings is 1. The van der Waals surface area contributed by atoms with Crippen LogP contribution in [0, 0.1) is 0 Å². The number of rotatable bonds is 5. The third-order valence-corrected chi connectivity index (χ3v) is 5.24. The van der Waals surface area contributed by atoms with E-state index in [1.807, 2.05) is 13.8 Å². The molecule has 0 saturated heterocycles. The summed E-state index contributed by atoms with van der Waals surface area (Å²) in [5.41, 5.74) is 5.93. The van der Waals surface area contributed by atoms with Crippen LogP contribution in [0.15, 0.2) is 4.90 Å². The summed E-state index contributed by atoms with van der Waals surface area (Å²) >= 11 is 1.09. The van der Waals surface area contributed by atoms with E-state index in [0.717, 1.165) is 30.4 Å². The minimum Gasteiger partial charge on any atom is -0.396 e. The molecular formula is C12H19N3O3S2. The maximum atomic E-state index is 12.1. The topological polar surface area (TPSA) is 101 Å². The Morgan fingerprint density at radius 2 is 2.00 bits per heavy atom. The number of sulfone groups is 1. The smallest absolute Gasteiger partial charge is 0.263 e. The van der Waals surface area contributed by atoms with Crippen molar-refractivity contribution in [2.45, 2.75) is 43.7 Å². The van der Waals surface area contributed by atoms with E-state index in [9.17, 15) is 13.2 Å². The van der Waals surface area contributed by atoms with Crippen molar-refractivity contribution in [1.82, 2.24) is 5.32 Å². The summed E-state index contributed by atoms with van der Waals surface area (Å²) in [4.78, 5) is 12.4. The molecule has 0 aliphatic heterocycles. The van der Waals surface area contributed by atoms with Gasteiger partial charge in [-0.3, -0.25) is 4.79 Å². The van der Waals surface area contributed by atoms with Gasteiger partial charge in [-0.25, -0.2) is 8.42 Å². The zero-order valence-corrected chi connectivity index (χ0v) is 13.3. The second-order valence-corrected chi connectivity index (χ2v) is 8.30. The van der Waals surface area contributed by atoms with E-state index in [4.69, 9.17) is 5.73 Å². The molecule has 8 heteroatoms. The number of carbonyl (C=O) groups excluding carboxylic acids is 1. The van der Waals surface area contributed by atoms with Gasteiger partial charge in [0.05, 0.1) is 5.69 Å². The predicted octanol–water partition coefficient (Wildman–Crippen LogP) is 1.45. The molecule has 0 aromatic carbocycles. The highest BCUT2D eigenvalue weighted by Gasteiger charge is 2.30. The van der Waals surface area contributed by atoms with E-state index in [2.05, 4.69) is 10.6 Å². The Morgan fingerprint density at radius 1 is 1.40 bits per heavy atom. The molecule has 6 nitrogen and oxygen atoms in total. The summed E-state index contributed by atoms with van der Waals surface area (Å²) in [6, 6.07) is 0.250. The SMILES string of the molecule is CC(C)Nc1sc(C(=O)NC2CC2)c(N)c1S(C)(=O)=O. The molecule has 1 aromatic heterocycles. The van der Waals surface area contributed by atoms with Crippen LogP contribution >= 0.6 is 11.3 Å². The van der Waals surface area contributed by atoms with Gasteiger partial charge >= 0.3 is 0 Å². The number of nitrogen functional groups attached to an aromatic ring is 1. The van der Waals surface area contributed by atoms with Gasteiger partial charge in [0.15, 0.2) is 9.84 Å². The van der Waals surface area contributed by atoms with Gasteiger partial charge in [-0.1, -0.05) is 0 Å². The first kappa shape index (κ1) is 15.1. The molecule has 1 aliphatic rings.